The van der Waals surface area contributed by atoms with Gasteiger partial charge in [0.1, 0.15) is 30.5 Å². The van der Waals surface area contributed by atoms with Gasteiger partial charge in [0, 0.05) is 12.8 Å². The molecule has 0 aromatic heterocycles. The van der Waals surface area contributed by atoms with Crippen LogP contribution in [-0.4, -0.2) is 76.9 Å². The van der Waals surface area contributed by atoms with Crippen molar-refractivity contribution in [3.8, 4) is 23.7 Å². The lowest BCUT2D eigenvalue weighted by Crippen LogP contribution is -2.59. The van der Waals surface area contributed by atoms with Crippen molar-refractivity contribution in [2.75, 3.05) is 13.7 Å². The SMILES string of the molecule is C=CC(C#CC#CCCCC(=O)OC)OC1OC(CO)C(O)C(O)C1O. The zero-order chi connectivity index (χ0) is 19.5. The van der Waals surface area contributed by atoms with Crippen molar-refractivity contribution < 1.29 is 39.4 Å². The average Bonchev–Trinajstić information content (AvgIpc) is 2.65. The number of hydrogen-bond acceptors (Lipinski definition) is 8. The second-order valence-electron chi connectivity index (χ2n) is 5.49. The second-order valence-corrected chi connectivity index (χ2v) is 5.49. The predicted molar refractivity (Wildman–Crippen MR) is 90.3 cm³/mol. The monoisotopic (exact) mass is 368 g/mol. The highest BCUT2D eigenvalue weighted by Gasteiger charge is 2.44. The number of esters is 1. The molecule has 0 aliphatic carbocycles. The number of methoxy groups -OCH3 is 1. The predicted octanol–water partition coefficient (Wildman–Crippen LogP) is -1.29. The largest absolute Gasteiger partial charge is 0.469 e. The summed E-state index contributed by atoms with van der Waals surface area (Å²) in [4.78, 5) is 10.9. The minimum atomic E-state index is -1.53. The van der Waals surface area contributed by atoms with Gasteiger partial charge < -0.3 is 34.6 Å². The van der Waals surface area contributed by atoms with Crippen LogP contribution < -0.4 is 0 Å². The molecule has 0 aromatic carbocycles. The van der Waals surface area contributed by atoms with Crippen LogP contribution in [0.15, 0.2) is 12.7 Å². The topological polar surface area (TPSA) is 126 Å². The number of aliphatic hydroxyl groups is 4. The molecule has 0 aromatic rings. The molecular formula is C18H24O8. The van der Waals surface area contributed by atoms with Gasteiger partial charge in [0.05, 0.1) is 13.7 Å². The molecule has 0 saturated carbocycles. The number of carbonyl (C=O) groups is 1. The number of carbonyl (C=O) groups excluding carboxylic acids is 1. The van der Waals surface area contributed by atoms with E-state index in [0.29, 0.717) is 12.8 Å². The molecule has 1 fully saturated rings. The van der Waals surface area contributed by atoms with Crippen molar-refractivity contribution in [1.29, 1.82) is 0 Å². The van der Waals surface area contributed by atoms with Gasteiger partial charge in [-0.2, -0.15) is 0 Å². The number of aliphatic hydroxyl groups excluding tert-OH is 4. The van der Waals surface area contributed by atoms with Crippen molar-refractivity contribution in [3.63, 3.8) is 0 Å². The molecule has 26 heavy (non-hydrogen) atoms. The van der Waals surface area contributed by atoms with E-state index in [-0.39, 0.29) is 12.4 Å². The molecule has 0 spiro atoms. The van der Waals surface area contributed by atoms with Crippen LogP contribution in [-0.2, 0) is 19.0 Å². The van der Waals surface area contributed by atoms with Gasteiger partial charge >= 0.3 is 5.97 Å². The molecule has 144 valence electrons. The highest BCUT2D eigenvalue weighted by molar-refractivity contribution is 5.69. The van der Waals surface area contributed by atoms with Crippen LogP contribution in [0.2, 0.25) is 0 Å². The molecule has 0 amide bonds. The Morgan fingerprint density at radius 3 is 2.62 bits per heavy atom. The Kier molecular flexibility index (Phi) is 9.92. The molecule has 0 radical (unpaired) electrons. The lowest BCUT2D eigenvalue weighted by atomic mass is 9.99. The van der Waals surface area contributed by atoms with Crippen LogP contribution in [0.4, 0.5) is 0 Å². The number of hydrogen-bond donors (Lipinski definition) is 4. The molecule has 8 nitrogen and oxygen atoms in total. The van der Waals surface area contributed by atoms with Crippen molar-refractivity contribution in [3.05, 3.63) is 12.7 Å². The van der Waals surface area contributed by atoms with E-state index in [4.69, 9.17) is 14.6 Å². The van der Waals surface area contributed by atoms with Crippen molar-refractivity contribution >= 4 is 5.97 Å². The average molecular weight is 368 g/mol. The minimum Gasteiger partial charge on any atom is -0.469 e. The summed E-state index contributed by atoms with van der Waals surface area (Å²) < 4.78 is 15.1. The molecule has 6 atom stereocenters. The summed E-state index contributed by atoms with van der Waals surface area (Å²) in [6, 6.07) is 0. The third-order valence-corrected chi connectivity index (χ3v) is 3.62. The van der Waals surface area contributed by atoms with E-state index < -0.39 is 43.4 Å². The van der Waals surface area contributed by atoms with E-state index in [9.17, 15) is 20.1 Å². The lowest BCUT2D eigenvalue weighted by Gasteiger charge is -2.40. The Labute approximate surface area is 152 Å². The van der Waals surface area contributed by atoms with Crippen molar-refractivity contribution in [2.24, 2.45) is 0 Å². The fourth-order valence-electron chi connectivity index (χ4n) is 2.11. The molecule has 8 heteroatoms. The summed E-state index contributed by atoms with van der Waals surface area (Å²) in [6.07, 6.45) is -5.02. The number of unbranched alkanes of at least 4 members (excludes halogenated alkanes) is 1. The number of ether oxygens (including phenoxy) is 3. The summed E-state index contributed by atoms with van der Waals surface area (Å²) in [7, 11) is 1.32. The van der Waals surface area contributed by atoms with Crippen LogP contribution in [0, 0.1) is 23.7 Å². The fourth-order valence-corrected chi connectivity index (χ4v) is 2.11. The number of rotatable bonds is 7. The van der Waals surface area contributed by atoms with E-state index in [1.807, 2.05) is 0 Å². The molecule has 1 heterocycles. The van der Waals surface area contributed by atoms with Crippen molar-refractivity contribution in [1.82, 2.24) is 0 Å². The summed E-state index contributed by atoms with van der Waals surface area (Å²) >= 11 is 0. The van der Waals surface area contributed by atoms with E-state index in [2.05, 4.69) is 35.0 Å². The third-order valence-electron chi connectivity index (χ3n) is 3.62. The molecule has 4 N–H and O–H groups in total. The maximum absolute atomic E-state index is 10.9. The first-order valence-corrected chi connectivity index (χ1v) is 8.08. The highest BCUT2D eigenvalue weighted by Crippen LogP contribution is 2.22. The Morgan fingerprint density at radius 1 is 1.27 bits per heavy atom. The maximum atomic E-state index is 10.9. The van der Waals surface area contributed by atoms with Crippen LogP contribution in [0.5, 0.6) is 0 Å². The fraction of sp³-hybridized carbons (Fsp3) is 0.611. The first-order chi connectivity index (χ1) is 12.4. The summed E-state index contributed by atoms with van der Waals surface area (Å²) in [5.41, 5.74) is 0. The molecule has 1 saturated heterocycles. The summed E-state index contributed by atoms with van der Waals surface area (Å²) in [5.74, 6) is 10.3. The maximum Gasteiger partial charge on any atom is 0.305 e. The third kappa shape index (κ3) is 6.77. The first kappa shape index (κ1) is 22.1. The Bertz CT molecular complexity index is 579. The van der Waals surface area contributed by atoms with E-state index in [1.165, 1.54) is 13.2 Å². The minimum absolute atomic E-state index is 0.286. The van der Waals surface area contributed by atoms with Gasteiger partial charge in [-0.05, 0) is 18.3 Å². The van der Waals surface area contributed by atoms with Gasteiger partial charge in [0.2, 0.25) is 0 Å². The standard InChI is InChI=1S/C18H24O8/c1-3-12(9-7-5-4-6-8-10-14(20)24-2)25-18-17(23)16(22)15(21)13(11-19)26-18/h3,12-13,15-19,21-23H,1,6,8,10-11H2,2H3. The van der Waals surface area contributed by atoms with Crippen LogP contribution in [0.1, 0.15) is 19.3 Å². The second kappa shape index (κ2) is 11.7. The van der Waals surface area contributed by atoms with Gasteiger partial charge in [0.25, 0.3) is 0 Å². The van der Waals surface area contributed by atoms with Crippen LogP contribution in [0.3, 0.4) is 0 Å². The van der Waals surface area contributed by atoms with Gasteiger partial charge in [0.15, 0.2) is 6.29 Å². The van der Waals surface area contributed by atoms with E-state index >= 15 is 0 Å². The Morgan fingerprint density at radius 2 is 2.00 bits per heavy atom. The van der Waals surface area contributed by atoms with E-state index in [0.717, 1.165) is 0 Å². The van der Waals surface area contributed by atoms with Gasteiger partial charge in [-0.1, -0.05) is 24.5 Å². The molecule has 1 rings (SSSR count). The molecular weight excluding hydrogens is 344 g/mol. The lowest BCUT2D eigenvalue weighted by molar-refractivity contribution is -0.303. The van der Waals surface area contributed by atoms with Crippen LogP contribution in [0.25, 0.3) is 0 Å². The quantitative estimate of drug-likeness (QED) is 0.189. The molecule has 0 bridgehead atoms. The smallest absolute Gasteiger partial charge is 0.305 e. The first-order valence-electron chi connectivity index (χ1n) is 8.08. The van der Waals surface area contributed by atoms with Gasteiger partial charge in [-0.15, -0.1) is 0 Å². The Hall–Kier alpha value is -1.91. The van der Waals surface area contributed by atoms with Gasteiger partial charge in [-0.25, -0.2) is 0 Å². The van der Waals surface area contributed by atoms with Gasteiger partial charge in [-0.3, -0.25) is 4.79 Å². The summed E-state index contributed by atoms with van der Waals surface area (Å²) in [5, 5.41) is 38.5. The molecule has 1 aliphatic heterocycles. The van der Waals surface area contributed by atoms with Crippen molar-refractivity contribution in [2.45, 2.75) is 56.1 Å². The highest BCUT2D eigenvalue weighted by atomic mass is 16.7. The van der Waals surface area contributed by atoms with E-state index in [1.54, 1.807) is 0 Å². The van der Waals surface area contributed by atoms with Crippen LogP contribution >= 0.6 is 0 Å². The zero-order valence-corrected chi connectivity index (χ0v) is 14.5. The normalized spacial score (nSPS) is 28.7. The Balaban J connectivity index is 2.55. The zero-order valence-electron chi connectivity index (χ0n) is 14.5. The molecule has 6 unspecified atom stereocenters. The molecule has 1 aliphatic rings. The summed E-state index contributed by atoms with van der Waals surface area (Å²) in [6.45, 7) is 3.01.